The second kappa shape index (κ2) is 61.8. The van der Waals surface area contributed by atoms with E-state index in [1.165, 1.54) is 109 Å². The third-order valence-corrected chi connectivity index (χ3v) is 13.7. The summed E-state index contributed by atoms with van der Waals surface area (Å²) in [7, 11) is 5.92. The Labute approximate surface area is 497 Å². The van der Waals surface area contributed by atoms with E-state index in [9.17, 15) is 19.5 Å². The Hall–Kier alpha value is -4.31. The average molecular weight is 1130 g/mol. The molecule has 81 heavy (non-hydrogen) atoms. The highest BCUT2D eigenvalue weighted by Gasteiger charge is 2.22. The lowest BCUT2D eigenvalue weighted by Gasteiger charge is -2.26. The molecule has 0 aromatic rings. The van der Waals surface area contributed by atoms with Gasteiger partial charge >= 0.3 is 11.9 Å². The molecule has 462 valence electrons. The molecule has 0 rings (SSSR count). The first-order valence-electron chi connectivity index (χ1n) is 32.7. The van der Waals surface area contributed by atoms with E-state index in [1.54, 1.807) is 0 Å². The summed E-state index contributed by atoms with van der Waals surface area (Å²) in [6.07, 6.45) is 84.0. The Kier molecular flexibility index (Phi) is 58.5. The number of esters is 2. The largest absolute Gasteiger partial charge is 0.545 e. The van der Waals surface area contributed by atoms with Crippen LogP contribution in [0.1, 0.15) is 258 Å². The summed E-state index contributed by atoms with van der Waals surface area (Å²) >= 11 is 0. The van der Waals surface area contributed by atoms with Crippen molar-refractivity contribution < 1.29 is 42.9 Å². The van der Waals surface area contributed by atoms with Crippen molar-refractivity contribution in [1.29, 1.82) is 0 Å². The van der Waals surface area contributed by atoms with Crippen LogP contribution in [0.25, 0.3) is 0 Å². The molecule has 0 saturated carbocycles. The van der Waals surface area contributed by atoms with Gasteiger partial charge in [0.15, 0.2) is 12.4 Å². The predicted octanol–water partition coefficient (Wildman–Crippen LogP) is 18.7. The lowest BCUT2D eigenvalue weighted by atomic mass is 10.0. The van der Waals surface area contributed by atoms with Gasteiger partial charge in [0.2, 0.25) is 0 Å². The van der Waals surface area contributed by atoms with Crippen LogP contribution >= 0.6 is 0 Å². The summed E-state index contributed by atoms with van der Waals surface area (Å²) in [5, 5.41) is 11.8. The first-order valence-corrected chi connectivity index (χ1v) is 32.7. The first kappa shape index (κ1) is 76.7. The van der Waals surface area contributed by atoms with Crippen LogP contribution in [0.4, 0.5) is 0 Å². The summed E-state index contributed by atoms with van der Waals surface area (Å²) in [6, 6.07) is 0. The molecule has 0 radical (unpaired) electrons. The van der Waals surface area contributed by atoms with Gasteiger partial charge in [-0.3, -0.25) is 9.59 Å². The van der Waals surface area contributed by atoms with Gasteiger partial charge in [-0.05, 0) is 109 Å². The monoisotopic (exact) mass is 1130 g/mol. The summed E-state index contributed by atoms with van der Waals surface area (Å²) in [5.74, 6) is -2.30. The van der Waals surface area contributed by atoms with Crippen LogP contribution in [0.15, 0.2) is 122 Å². The number of hydrogen-bond acceptors (Lipinski definition) is 8. The van der Waals surface area contributed by atoms with Gasteiger partial charge in [0.25, 0.3) is 0 Å². The topological polar surface area (TPSA) is 111 Å². The van der Waals surface area contributed by atoms with Gasteiger partial charge in [0.05, 0.1) is 40.3 Å². The number of aliphatic carboxylic acids is 1. The first-order chi connectivity index (χ1) is 39.6. The number of likely N-dealkylation sites (N-methyl/N-ethyl adjacent to an activating group) is 1. The van der Waals surface area contributed by atoms with Crippen molar-refractivity contribution in [2.24, 2.45) is 0 Å². The zero-order valence-corrected chi connectivity index (χ0v) is 52.6. The van der Waals surface area contributed by atoms with Crippen LogP contribution < -0.4 is 5.11 Å². The Bertz CT molecular complexity index is 1740. The zero-order valence-electron chi connectivity index (χ0n) is 52.6. The van der Waals surface area contributed by atoms with E-state index < -0.39 is 24.3 Å². The summed E-state index contributed by atoms with van der Waals surface area (Å²) in [5.41, 5.74) is 0. The number of unbranched alkanes of at least 4 members (excludes halogenated alkanes) is 24. The van der Waals surface area contributed by atoms with E-state index in [4.69, 9.17) is 18.9 Å². The minimum atomic E-state index is -1.63. The molecule has 0 fully saturated rings. The van der Waals surface area contributed by atoms with Crippen molar-refractivity contribution in [1.82, 2.24) is 0 Å². The Morgan fingerprint density at radius 1 is 0.383 bits per heavy atom. The Morgan fingerprint density at radius 3 is 1.05 bits per heavy atom. The molecule has 0 aliphatic carbocycles. The minimum Gasteiger partial charge on any atom is -0.545 e. The number of carboxylic acid groups (broad SMARTS) is 1. The highest BCUT2D eigenvalue weighted by atomic mass is 16.7. The van der Waals surface area contributed by atoms with Gasteiger partial charge < -0.3 is 33.3 Å². The van der Waals surface area contributed by atoms with Gasteiger partial charge in [-0.2, -0.15) is 0 Å². The molecular weight excluding hydrogens is 1010 g/mol. The van der Waals surface area contributed by atoms with Gasteiger partial charge in [0.1, 0.15) is 13.2 Å². The lowest BCUT2D eigenvalue weighted by Crippen LogP contribution is -2.44. The van der Waals surface area contributed by atoms with Crippen LogP contribution in [0.5, 0.6) is 0 Å². The fourth-order valence-corrected chi connectivity index (χ4v) is 8.70. The van der Waals surface area contributed by atoms with Gasteiger partial charge in [0, 0.05) is 12.8 Å². The molecule has 0 aliphatic rings. The molecular formula is C72H121NO8. The zero-order chi connectivity index (χ0) is 59.1. The van der Waals surface area contributed by atoms with Crippen molar-refractivity contribution in [3.05, 3.63) is 122 Å². The van der Waals surface area contributed by atoms with Crippen LogP contribution in [-0.2, 0) is 33.3 Å². The second-order valence-electron chi connectivity index (χ2n) is 22.7. The maximum atomic E-state index is 12.9. The maximum absolute atomic E-state index is 12.9. The molecule has 0 amide bonds. The molecule has 9 nitrogen and oxygen atoms in total. The van der Waals surface area contributed by atoms with Gasteiger partial charge in [-0.1, -0.05) is 257 Å². The number of carbonyl (C=O) groups is 3. The lowest BCUT2D eigenvalue weighted by molar-refractivity contribution is -0.870. The van der Waals surface area contributed by atoms with Crippen molar-refractivity contribution >= 4 is 17.9 Å². The molecule has 2 atom stereocenters. The Morgan fingerprint density at radius 2 is 0.704 bits per heavy atom. The SMILES string of the molecule is CC/C=C\C/C=C\C/C=C\C/C=C\C/C=C\C/C=C\C/C=C\C/C=C\CCCCCCCCCCCCC(=O)OC(COC(=O)CCCCCCCCCCC/C=C\C/C=C\CCCCCCC)COC(OCC[N+](C)(C)C)C(=O)[O-]. The van der Waals surface area contributed by atoms with E-state index >= 15 is 0 Å². The van der Waals surface area contributed by atoms with Crippen molar-refractivity contribution in [3.63, 3.8) is 0 Å². The minimum absolute atomic E-state index is 0.141. The second-order valence-corrected chi connectivity index (χ2v) is 22.7. The average Bonchev–Trinajstić information content (AvgIpc) is 3.44. The van der Waals surface area contributed by atoms with Crippen molar-refractivity contribution in [2.75, 3.05) is 47.5 Å². The standard InChI is InChI=1S/C72H121NO8/c1-6-8-10-12-14-16-18-20-22-24-26-28-29-30-31-32-33-34-35-36-37-38-39-40-41-43-45-47-49-51-53-55-57-59-61-63-70(75)81-68(67-80-72(71(76)77)78-65-64-73(3,4)5)66-79-69(74)62-60-58-56-54-52-50-48-46-44-42-27-25-23-21-19-17-15-13-11-9-7-2/h8,10,14,16,19-22,25-28,30-31,33-34,36-37,39-40,68,72H,6-7,9,11-13,15,17-18,23-24,29,32,35,38,41-67H2,1-5H3/b10-8-,16-14-,21-19-,22-20-,27-25-,28-26-,31-30-,34-33-,37-36-,40-39-. The molecule has 0 aliphatic heterocycles. The molecule has 0 aromatic carbocycles. The quantitative estimate of drug-likeness (QED) is 0.0195. The summed E-state index contributed by atoms with van der Waals surface area (Å²) < 4.78 is 22.7. The van der Waals surface area contributed by atoms with Crippen LogP contribution in [0.3, 0.4) is 0 Å². The molecule has 2 unspecified atom stereocenters. The number of nitrogens with zero attached hydrogens (tertiary/aromatic N) is 1. The number of hydrogen-bond donors (Lipinski definition) is 0. The maximum Gasteiger partial charge on any atom is 0.306 e. The fraction of sp³-hybridized carbons (Fsp3) is 0.681. The van der Waals surface area contributed by atoms with E-state index in [1.807, 2.05) is 21.1 Å². The van der Waals surface area contributed by atoms with E-state index in [2.05, 4.69) is 135 Å². The normalized spacial score (nSPS) is 13.5. The summed E-state index contributed by atoms with van der Waals surface area (Å²) in [4.78, 5) is 37.4. The Balaban J connectivity index is 4.20. The van der Waals surface area contributed by atoms with Crippen LogP contribution in [0, 0.1) is 0 Å². The number of carboxylic acids is 1. The third-order valence-electron chi connectivity index (χ3n) is 13.7. The molecule has 0 aromatic heterocycles. The van der Waals surface area contributed by atoms with Crippen molar-refractivity contribution in [3.8, 4) is 0 Å². The van der Waals surface area contributed by atoms with Crippen LogP contribution in [0.2, 0.25) is 0 Å². The molecule has 0 bridgehead atoms. The third kappa shape index (κ3) is 63.1. The molecule has 9 heteroatoms. The van der Waals surface area contributed by atoms with E-state index in [0.29, 0.717) is 17.4 Å². The molecule has 0 N–H and O–H groups in total. The van der Waals surface area contributed by atoms with E-state index in [-0.39, 0.29) is 38.6 Å². The number of allylic oxidation sites excluding steroid dienone is 20. The number of carbonyl (C=O) groups excluding carboxylic acids is 3. The number of rotatable bonds is 59. The predicted molar refractivity (Wildman–Crippen MR) is 343 cm³/mol. The van der Waals surface area contributed by atoms with E-state index in [0.717, 1.165) is 116 Å². The summed E-state index contributed by atoms with van der Waals surface area (Å²) in [6.45, 7) is 4.62. The fourth-order valence-electron chi connectivity index (χ4n) is 8.70. The van der Waals surface area contributed by atoms with Gasteiger partial charge in [-0.15, -0.1) is 0 Å². The van der Waals surface area contributed by atoms with Crippen molar-refractivity contribution in [2.45, 2.75) is 270 Å². The molecule has 0 spiro atoms. The highest BCUT2D eigenvalue weighted by Crippen LogP contribution is 2.16. The van der Waals surface area contributed by atoms with Gasteiger partial charge in [-0.25, -0.2) is 0 Å². The number of ether oxygens (including phenoxy) is 4. The molecule has 0 saturated heterocycles. The highest BCUT2D eigenvalue weighted by molar-refractivity contribution is 5.70. The van der Waals surface area contributed by atoms with Crippen LogP contribution in [-0.4, -0.2) is 82.3 Å². The number of quaternary nitrogens is 1. The molecule has 0 heterocycles. The smallest absolute Gasteiger partial charge is 0.306 e.